The Kier molecular flexibility index (Phi) is 6.03. The zero-order chi connectivity index (χ0) is 22.0. The third-order valence-electron chi connectivity index (χ3n) is 6.06. The Morgan fingerprint density at radius 1 is 1.16 bits per heavy atom. The maximum atomic E-state index is 12.9. The second kappa shape index (κ2) is 8.74. The number of hydrogen-bond donors (Lipinski definition) is 3. The molecule has 1 unspecified atom stereocenters. The Morgan fingerprint density at radius 2 is 1.90 bits per heavy atom. The molecule has 4 rings (SSSR count). The van der Waals surface area contributed by atoms with Gasteiger partial charge in [-0.15, -0.1) is 0 Å². The second-order valence-electron chi connectivity index (χ2n) is 7.98. The first-order valence-corrected chi connectivity index (χ1v) is 10.5. The van der Waals surface area contributed by atoms with E-state index in [1.807, 2.05) is 0 Å². The fraction of sp³-hybridized carbons (Fsp3) is 0.524. The van der Waals surface area contributed by atoms with E-state index >= 15 is 0 Å². The van der Waals surface area contributed by atoms with Gasteiger partial charge in [-0.3, -0.25) is 29.4 Å². The number of nitrogens with two attached hydrogens (primary N) is 1. The van der Waals surface area contributed by atoms with Crippen LogP contribution in [0.5, 0.6) is 0 Å². The lowest BCUT2D eigenvalue weighted by molar-refractivity contribution is -0.136. The molecule has 4 N–H and O–H groups in total. The normalized spacial score (nSPS) is 23.0. The number of fused-ring (bicyclic) bond motifs is 1. The number of ether oxygens (including phenoxy) is 2. The van der Waals surface area contributed by atoms with E-state index in [-0.39, 0.29) is 29.6 Å². The van der Waals surface area contributed by atoms with Gasteiger partial charge < -0.3 is 20.5 Å². The van der Waals surface area contributed by atoms with Crippen molar-refractivity contribution in [1.29, 1.82) is 0 Å². The quantitative estimate of drug-likeness (QED) is 0.406. The van der Waals surface area contributed by atoms with E-state index in [0.717, 1.165) is 17.7 Å². The van der Waals surface area contributed by atoms with Crippen LogP contribution in [-0.4, -0.2) is 73.1 Å². The molecule has 3 aliphatic rings. The molecule has 3 heterocycles. The molecular formula is C21H26N4O6. The van der Waals surface area contributed by atoms with Crippen LogP contribution >= 0.6 is 0 Å². The number of piperidine rings is 1. The molecule has 4 amide bonds. The van der Waals surface area contributed by atoms with Gasteiger partial charge in [0, 0.05) is 51.3 Å². The Labute approximate surface area is 179 Å². The molecule has 166 valence electrons. The molecule has 0 aliphatic carbocycles. The summed E-state index contributed by atoms with van der Waals surface area (Å²) >= 11 is 0. The van der Waals surface area contributed by atoms with Gasteiger partial charge in [0.2, 0.25) is 11.8 Å². The van der Waals surface area contributed by atoms with Gasteiger partial charge in [0.25, 0.3) is 11.8 Å². The smallest absolute Gasteiger partial charge is 0.262 e. The summed E-state index contributed by atoms with van der Waals surface area (Å²) in [5, 5.41) is 5.38. The molecule has 10 heteroatoms. The molecule has 1 aromatic rings. The highest BCUT2D eigenvalue weighted by Gasteiger charge is 2.44. The molecule has 2 fully saturated rings. The zero-order valence-electron chi connectivity index (χ0n) is 17.1. The number of nitrogens with zero attached hydrogens (tertiary/aromatic N) is 1. The van der Waals surface area contributed by atoms with Crippen molar-refractivity contribution < 1.29 is 28.7 Å². The van der Waals surface area contributed by atoms with Gasteiger partial charge in [0.15, 0.2) is 0 Å². The largest absolute Gasteiger partial charge is 0.383 e. The fourth-order valence-electron chi connectivity index (χ4n) is 4.19. The molecule has 10 nitrogen and oxygen atoms in total. The number of nitrogens with one attached hydrogen (secondary N) is 2. The van der Waals surface area contributed by atoms with E-state index in [2.05, 4.69) is 10.6 Å². The van der Waals surface area contributed by atoms with E-state index in [1.165, 1.54) is 0 Å². The van der Waals surface area contributed by atoms with Crippen molar-refractivity contribution in [3.05, 3.63) is 29.3 Å². The van der Waals surface area contributed by atoms with Crippen molar-refractivity contribution >= 4 is 29.3 Å². The Morgan fingerprint density at radius 3 is 2.61 bits per heavy atom. The van der Waals surface area contributed by atoms with Crippen LogP contribution < -0.4 is 16.4 Å². The van der Waals surface area contributed by atoms with Crippen LogP contribution in [-0.2, 0) is 19.1 Å². The predicted molar refractivity (Wildman–Crippen MR) is 109 cm³/mol. The van der Waals surface area contributed by atoms with Crippen molar-refractivity contribution in [2.75, 3.05) is 38.2 Å². The number of hydrogen-bond acceptors (Lipinski definition) is 8. The predicted octanol–water partition coefficient (Wildman–Crippen LogP) is 0.0242. The standard InChI is InChI=1S/C21H26N4O6/c22-12-21(5-8-30-9-6-21)31-10-7-23-13-1-2-14-15(11-13)20(29)25(19(14)28)16-3-4-17(26)24-18(16)27/h1-2,11,16,23H,3-10,12,22H2,(H,24,26,27). The lowest BCUT2D eigenvalue weighted by Gasteiger charge is -2.36. The van der Waals surface area contributed by atoms with Gasteiger partial charge in [0.1, 0.15) is 6.04 Å². The van der Waals surface area contributed by atoms with Crippen molar-refractivity contribution in [2.24, 2.45) is 5.73 Å². The molecule has 2 saturated heterocycles. The average molecular weight is 430 g/mol. The fourth-order valence-corrected chi connectivity index (χ4v) is 4.19. The Balaban J connectivity index is 1.38. The first kappa shape index (κ1) is 21.4. The Hall–Kier alpha value is -2.82. The highest BCUT2D eigenvalue weighted by molar-refractivity contribution is 6.23. The summed E-state index contributed by atoms with van der Waals surface area (Å²) in [5.41, 5.74) is 6.69. The number of amides is 4. The third-order valence-corrected chi connectivity index (χ3v) is 6.06. The zero-order valence-corrected chi connectivity index (χ0v) is 17.1. The lowest BCUT2D eigenvalue weighted by Crippen LogP contribution is -2.54. The topological polar surface area (TPSA) is 140 Å². The van der Waals surface area contributed by atoms with Gasteiger partial charge >= 0.3 is 0 Å². The molecule has 0 radical (unpaired) electrons. The van der Waals surface area contributed by atoms with Gasteiger partial charge in [-0.1, -0.05) is 0 Å². The molecule has 1 atom stereocenters. The average Bonchev–Trinajstić information content (AvgIpc) is 3.02. The monoisotopic (exact) mass is 430 g/mol. The molecule has 0 bridgehead atoms. The number of anilines is 1. The molecule has 1 aromatic carbocycles. The molecule has 3 aliphatic heterocycles. The van der Waals surface area contributed by atoms with Crippen LogP contribution in [0.4, 0.5) is 5.69 Å². The summed E-state index contributed by atoms with van der Waals surface area (Å²) < 4.78 is 11.4. The van der Waals surface area contributed by atoms with Gasteiger partial charge in [-0.2, -0.15) is 0 Å². The number of imide groups is 2. The van der Waals surface area contributed by atoms with E-state index in [0.29, 0.717) is 38.6 Å². The number of rotatable bonds is 7. The highest BCUT2D eigenvalue weighted by atomic mass is 16.5. The maximum absolute atomic E-state index is 12.9. The number of carbonyl (C=O) groups excluding carboxylic acids is 4. The molecule has 0 saturated carbocycles. The van der Waals surface area contributed by atoms with Crippen LogP contribution in [0.1, 0.15) is 46.4 Å². The van der Waals surface area contributed by atoms with E-state index in [4.69, 9.17) is 15.2 Å². The summed E-state index contributed by atoms with van der Waals surface area (Å²) in [4.78, 5) is 50.1. The first-order chi connectivity index (χ1) is 14.9. The second-order valence-corrected chi connectivity index (χ2v) is 7.98. The van der Waals surface area contributed by atoms with Crippen LogP contribution in [0, 0.1) is 0 Å². The van der Waals surface area contributed by atoms with Crippen molar-refractivity contribution in [2.45, 2.75) is 37.3 Å². The Bertz CT molecular complexity index is 911. The van der Waals surface area contributed by atoms with Crippen molar-refractivity contribution in [3.63, 3.8) is 0 Å². The van der Waals surface area contributed by atoms with Gasteiger partial charge in [-0.05, 0) is 24.6 Å². The summed E-state index contributed by atoms with van der Waals surface area (Å²) in [6.07, 6.45) is 1.74. The third kappa shape index (κ3) is 4.18. The minimum absolute atomic E-state index is 0.0903. The number of carbonyl (C=O) groups is 4. The maximum Gasteiger partial charge on any atom is 0.262 e. The van der Waals surface area contributed by atoms with Crippen LogP contribution in [0.15, 0.2) is 18.2 Å². The van der Waals surface area contributed by atoms with Crippen LogP contribution in [0.3, 0.4) is 0 Å². The minimum Gasteiger partial charge on any atom is -0.383 e. The summed E-state index contributed by atoms with van der Waals surface area (Å²) in [6, 6.07) is 3.92. The highest BCUT2D eigenvalue weighted by Crippen LogP contribution is 2.29. The van der Waals surface area contributed by atoms with Crippen molar-refractivity contribution in [1.82, 2.24) is 10.2 Å². The van der Waals surface area contributed by atoms with E-state index in [9.17, 15) is 19.2 Å². The van der Waals surface area contributed by atoms with Gasteiger partial charge in [-0.25, -0.2) is 0 Å². The molecular weight excluding hydrogens is 404 g/mol. The minimum atomic E-state index is -0.971. The van der Waals surface area contributed by atoms with E-state index in [1.54, 1.807) is 18.2 Å². The van der Waals surface area contributed by atoms with Crippen molar-refractivity contribution in [3.8, 4) is 0 Å². The first-order valence-electron chi connectivity index (χ1n) is 10.5. The SMILES string of the molecule is NCC1(OCCNc2ccc3c(c2)C(=O)N(C2CCC(=O)NC2=O)C3=O)CCOCC1. The number of benzene rings is 1. The van der Waals surface area contributed by atoms with Crippen LogP contribution in [0.2, 0.25) is 0 Å². The molecule has 0 aromatic heterocycles. The van der Waals surface area contributed by atoms with Gasteiger partial charge in [0.05, 0.1) is 23.3 Å². The van der Waals surface area contributed by atoms with Crippen LogP contribution in [0.25, 0.3) is 0 Å². The molecule has 31 heavy (non-hydrogen) atoms. The summed E-state index contributed by atoms with van der Waals surface area (Å²) in [6.45, 7) is 2.64. The lowest BCUT2D eigenvalue weighted by atomic mass is 9.94. The van der Waals surface area contributed by atoms with E-state index < -0.39 is 29.7 Å². The molecule has 0 spiro atoms. The summed E-state index contributed by atoms with van der Waals surface area (Å²) in [5.74, 6) is -2.07. The summed E-state index contributed by atoms with van der Waals surface area (Å²) in [7, 11) is 0.